The Morgan fingerprint density at radius 3 is 2.18 bits per heavy atom. The molecule has 4 heteroatoms. The highest BCUT2D eigenvalue weighted by Gasteiger charge is 2.39. The lowest BCUT2D eigenvalue weighted by Gasteiger charge is -2.22. The normalized spacial score (nSPS) is 15.4. The van der Waals surface area contributed by atoms with Gasteiger partial charge in [0.05, 0.1) is 17.2 Å². The van der Waals surface area contributed by atoms with Crippen molar-refractivity contribution in [2.24, 2.45) is 0 Å². The number of amides is 2. The fraction of sp³-hybridized carbons (Fsp3) is 0.111. The van der Waals surface area contributed by atoms with E-state index in [2.05, 4.69) is 6.07 Å². The molecule has 22 heavy (non-hydrogen) atoms. The number of nitrogens with zero attached hydrogens (tertiary/aromatic N) is 1. The van der Waals surface area contributed by atoms with Crippen LogP contribution in [0.15, 0.2) is 53.9 Å². The number of carbonyl (C=O) groups is 2. The molecule has 0 unspecified atom stereocenters. The first-order chi connectivity index (χ1) is 10.7. The van der Waals surface area contributed by atoms with Crippen LogP contribution >= 0.6 is 11.3 Å². The van der Waals surface area contributed by atoms with Gasteiger partial charge in [-0.05, 0) is 41.5 Å². The average Bonchev–Trinajstić information content (AvgIpc) is 3.08. The van der Waals surface area contributed by atoms with Crippen LogP contribution in [0.4, 0.5) is 0 Å². The number of benzene rings is 2. The Hall–Kier alpha value is -2.46. The minimum Gasteiger partial charge on any atom is -0.269 e. The predicted molar refractivity (Wildman–Crippen MR) is 87.2 cm³/mol. The maximum atomic E-state index is 12.6. The highest BCUT2D eigenvalue weighted by atomic mass is 32.1. The van der Waals surface area contributed by atoms with Gasteiger partial charge in [0, 0.05) is 4.70 Å². The minimum atomic E-state index is -0.274. The van der Waals surface area contributed by atoms with Gasteiger partial charge in [-0.25, -0.2) is 0 Å². The monoisotopic (exact) mass is 307 g/mol. The van der Waals surface area contributed by atoms with Crippen molar-refractivity contribution >= 4 is 33.2 Å². The number of fused-ring (bicyclic) bond motifs is 2. The molecule has 0 radical (unpaired) electrons. The SMILES string of the molecule is C[C@H](c1csc2ccccc12)N1C(=O)c2ccccc2C1=O. The summed E-state index contributed by atoms with van der Waals surface area (Å²) in [6, 6.07) is 14.8. The van der Waals surface area contributed by atoms with Crippen LogP contribution in [0.5, 0.6) is 0 Å². The number of rotatable bonds is 2. The molecule has 1 aliphatic heterocycles. The highest BCUT2D eigenvalue weighted by Crippen LogP contribution is 2.36. The van der Waals surface area contributed by atoms with Crippen molar-refractivity contribution in [2.45, 2.75) is 13.0 Å². The van der Waals surface area contributed by atoms with Gasteiger partial charge in [-0.1, -0.05) is 30.3 Å². The van der Waals surface area contributed by atoms with Crippen LogP contribution in [-0.4, -0.2) is 16.7 Å². The van der Waals surface area contributed by atoms with Crippen LogP contribution in [0.2, 0.25) is 0 Å². The van der Waals surface area contributed by atoms with Gasteiger partial charge in [0.25, 0.3) is 11.8 Å². The molecular formula is C18H13NO2S. The Kier molecular flexibility index (Phi) is 2.87. The third-order valence-electron chi connectivity index (χ3n) is 4.17. The summed E-state index contributed by atoms with van der Waals surface area (Å²) < 4.78 is 1.17. The molecule has 2 amide bonds. The van der Waals surface area contributed by atoms with Gasteiger partial charge < -0.3 is 0 Å². The van der Waals surface area contributed by atoms with E-state index in [9.17, 15) is 9.59 Å². The van der Waals surface area contributed by atoms with Gasteiger partial charge in [0.1, 0.15) is 0 Å². The molecule has 1 aliphatic rings. The molecule has 2 heterocycles. The van der Waals surface area contributed by atoms with Gasteiger partial charge in [-0.2, -0.15) is 0 Å². The third-order valence-corrected chi connectivity index (χ3v) is 5.16. The maximum absolute atomic E-state index is 12.6. The van der Waals surface area contributed by atoms with E-state index in [-0.39, 0.29) is 17.9 Å². The molecule has 2 aromatic carbocycles. The largest absolute Gasteiger partial charge is 0.269 e. The molecule has 1 aromatic heterocycles. The summed E-state index contributed by atoms with van der Waals surface area (Å²) in [6.07, 6.45) is 0. The molecule has 1 atom stereocenters. The topological polar surface area (TPSA) is 37.4 Å². The Morgan fingerprint density at radius 1 is 0.909 bits per heavy atom. The fourth-order valence-corrected chi connectivity index (χ4v) is 4.07. The van der Waals surface area contributed by atoms with Gasteiger partial charge >= 0.3 is 0 Å². The van der Waals surface area contributed by atoms with Crippen molar-refractivity contribution < 1.29 is 9.59 Å². The Bertz CT molecular complexity index is 877. The van der Waals surface area contributed by atoms with E-state index in [0.717, 1.165) is 10.9 Å². The second-order valence-corrected chi connectivity index (χ2v) is 6.30. The van der Waals surface area contributed by atoms with E-state index >= 15 is 0 Å². The van der Waals surface area contributed by atoms with Crippen LogP contribution in [0.3, 0.4) is 0 Å². The first kappa shape index (κ1) is 13.2. The molecule has 3 aromatic rings. The molecule has 0 spiro atoms. The standard InChI is InChI=1S/C18H13NO2S/c1-11(15-10-22-16-9-5-4-6-12(15)16)19-17(20)13-7-2-3-8-14(13)18(19)21/h2-11H,1H3/t11-/m1/s1. The van der Waals surface area contributed by atoms with Crippen molar-refractivity contribution in [1.82, 2.24) is 4.90 Å². The molecular weight excluding hydrogens is 294 g/mol. The lowest BCUT2D eigenvalue weighted by atomic mass is 10.1. The van der Waals surface area contributed by atoms with Crippen molar-refractivity contribution in [3.63, 3.8) is 0 Å². The van der Waals surface area contributed by atoms with E-state index in [1.165, 1.54) is 9.60 Å². The Labute approximate surface area is 131 Å². The zero-order valence-electron chi connectivity index (χ0n) is 11.9. The molecule has 0 fully saturated rings. The second kappa shape index (κ2) is 4.78. The number of imide groups is 1. The van der Waals surface area contributed by atoms with Crippen molar-refractivity contribution in [1.29, 1.82) is 0 Å². The van der Waals surface area contributed by atoms with Gasteiger partial charge in [0.2, 0.25) is 0 Å². The Balaban J connectivity index is 1.80. The first-order valence-corrected chi connectivity index (χ1v) is 7.99. The van der Waals surface area contributed by atoms with Crippen LogP contribution in [0, 0.1) is 0 Å². The van der Waals surface area contributed by atoms with Gasteiger partial charge in [-0.3, -0.25) is 14.5 Å². The summed E-state index contributed by atoms with van der Waals surface area (Å²) in [4.78, 5) is 26.6. The number of hydrogen-bond acceptors (Lipinski definition) is 3. The van der Waals surface area contributed by atoms with Crippen molar-refractivity contribution in [2.75, 3.05) is 0 Å². The molecule has 0 bridgehead atoms. The Morgan fingerprint density at radius 2 is 1.50 bits per heavy atom. The fourth-order valence-electron chi connectivity index (χ4n) is 3.02. The number of thiophene rings is 1. The summed E-state index contributed by atoms with van der Waals surface area (Å²) in [7, 11) is 0. The van der Waals surface area contributed by atoms with Gasteiger partial charge in [-0.15, -0.1) is 11.3 Å². The quantitative estimate of drug-likeness (QED) is 0.663. The van der Waals surface area contributed by atoms with E-state index in [1.54, 1.807) is 35.6 Å². The smallest absolute Gasteiger partial charge is 0.262 e. The molecule has 0 aliphatic carbocycles. The minimum absolute atomic E-state index is 0.205. The third kappa shape index (κ3) is 1.74. The number of hydrogen-bond donors (Lipinski definition) is 0. The van der Waals surface area contributed by atoms with E-state index in [1.807, 2.05) is 30.5 Å². The lowest BCUT2D eigenvalue weighted by molar-refractivity contribution is 0.0596. The number of carbonyl (C=O) groups excluding carboxylic acids is 2. The molecule has 4 rings (SSSR count). The molecule has 108 valence electrons. The van der Waals surface area contributed by atoms with Crippen LogP contribution in [0.25, 0.3) is 10.1 Å². The van der Waals surface area contributed by atoms with Crippen LogP contribution in [-0.2, 0) is 0 Å². The zero-order chi connectivity index (χ0) is 15.3. The first-order valence-electron chi connectivity index (χ1n) is 7.11. The summed E-state index contributed by atoms with van der Waals surface area (Å²) in [5.74, 6) is -0.410. The molecule has 0 saturated carbocycles. The van der Waals surface area contributed by atoms with E-state index < -0.39 is 0 Å². The molecule has 0 saturated heterocycles. The zero-order valence-corrected chi connectivity index (χ0v) is 12.8. The van der Waals surface area contributed by atoms with Crippen molar-refractivity contribution in [3.8, 4) is 0 Å². The molecule has 0 N–H and O–H groups in total. The highest BCUT2D eigenvalue weighted by molar-refractivity contribution is 7.17. The van der Waals surface area contributed by atoms with Gasteiger partial charge in [0.15, 0.2) is 0 Å². The molecule has 3 nitrogen and oxygen atoms in total. The van der Waals surface area contributed by atoms with E-state index in [0.29, 0.717) is 11.1 Å². The second-order valence-electron chi connectivity index (χ2n) is 5.39. The maximum Gasteiger partial charge on any atom is 0.262 e. The van der Waals surface area contributed by atoms with Crippen LogP contribution < -0.4 is 0 Å². The summed E-state index contributed by atoms with van der Waals surface area (Å²) in [6.45, 7) is 1.91. The summed E-state index contributed by atoms with van der Waals surface area (Å²) in [5.41, 5.74) is 2.02. The average molecular weight is 307 g/mol. The van der Waals surface area contributed by atoms with Crippen molar-refractivity contribution in [3.05, 3.63) is 70.6 Å². The lowest BCUT2D eigenvalue weighted by Crippen LogP contribution is -2.32. The summed E-state index contributed by atoms with van der Waals surface area (Å²) >= 11 is 1.64. The van der Waals surface area contributed by atoms with Crippen LogP contribution in [0.1, 0.15) is 39.2 Å². The summed E-state index contributed by atoms with van der Waals surface area (Å²) in [5, 5.41) is 3.15. The van der Waals surface area contributed by atoms with E-state index in [4.69, 9.17) is 0 Å². The predicted octanol–water partition coefficient (Wildman–Crippen LogP) is 4.26.